The van der Waals surface area contributed by atoms with Crippen LogP contribution in [-0.2, 0) is 14.9 Å². The molecule has 0 saturated carbocycles. The highest BCUT2D eigenvalue weighted by molar-refractivity contribution is 7.89. The van der Waals surface area contributed by atoms with E-state index in [1.165, 1.54) is 25.2 Å². The molecule has 1 N–H and O–H groups in total. The molecule has 0 spiro atoms. The standard InChI is InChI=1S/C15H13ClF2N2O4S/c1-20(24-2)25(22,23)14-7-9(3-5-11(14)16)15(21)19-10-4-6-12(17)13(18)8-10/h3-8H,1-2H3,(H,19,21). The Balaban J connectivity index is 2.35. The number of hydrogen-bond donors (Lipinski definition) is 1. The summed E-state index contributed by atoms with van der Waals surface area (Å²) >= 11 is 5.90. The highest BCUT2D eigenvalue weighted by Gasteiger charge is 2.25. The van der Waals surface area contributed by atoms with Gasteiger partial charge in [-0.1, -0.05) is 16.1 Å². The van der Waals surface area contributed by atoms with Gasteiger partial charge in [-0.3, -0.25) is 9.63 Å². The van der Waals surface area contributed by atoms with E-state index >= 15 is 0 Å². The highest BCUT2D eigenvalue weighted by Crippen LogP contribution is 2.26. The van der Waals surface area contributed by atoms with Crippen LogP contribution < -0.4 is 5.32 Å². The van der Waals surface area contributed by atoms with Crippen molar-refractivity contribution in [3.05, 3.63) is 58.6 Å². The normalized spacial score (nSPS) is 11.6. The van der Waals surface area contributed by atoms with Crippen molar-refractivity contribution in [3.63, 3.8) is 0 Å². The molecule has 1 amide bonds. The molecule has 0 bridgehead atoms. The molecule has 25 heavy (non-hydrogen) atoms. The van der Waals surface area contributed by atoms with Crippen molar-refractivity contribution in [1.82, 2.24) is 4.47 Å². The van der Waals surface area contributed by atoms with Crippen LogP contribution in [0.5, 0.6) is 0 Å². The molecule has 0 heterocycles. The minimum atomic E-state index is -4.07. The quantitative estimate of drug-likeness (QED) is 0.796. The van der Waals surface area contributed by atoms with Crippen LogP contribution in [0.25, 0.3) is 0 Å². The number of amides is 1. The summed E-state index contributed by atoms with van der Waals surface area (Å²) in [6, 6.07) is 6.42. The molecule has 2 aromatic rings. The molecule has 0 radical (unpaired) electrons. The summed E-state index contributed by atoms with van der Waals surface area (Å²) in [5.41, 5.74) is -0.0329. The molecule has 6 nitrogen and oxygen atoms in total. The molecule has 134 valence electrons. The van der Waals surface area contributed by atoms with Gasteiger partial charge < -0.3 is 5.32 Å². The first-order chi connectivity index (χ1) is 11.7. The van der Waals surface area contributed by atoms with Crippen molar-refractivity contribution in [3.8, 4) is 0 Å². The first-order valence-electron chi connectivity index (χ1n) is 6.76. The van der Waals surface area contributed by atoms with E-state index < -0.39 is 27.6 Å². The smallest absolute Gasteiger partial charge is 0.266 e. The lowest BCUT2D eigenvalue weighted by Crippen LogP contribution is -2.26. The topological polar surface area (TPSA) is 75.7 Å². The molecule has 0 unspecified atom stereocenters. The lowest BCUT2D eigenvalue weighted by atomic mass is 10.2. The van der Waals surface area contributed by atoms with Gasteiger partial charge in [0.05, 0.1) is 12.1 Å². The molecule has 2 aromatic carbocycles. The van der Waals surface area contributed by atoms with Gasteiger partial charge in [-0.15, -0.1) is 0 Å². The third-order valence-corrected chi connectivity index (χ3v) is 5.41. The number of carbonyl (C=O) groups is 1. The Hall–Kier alpha value is -2.07. The van der Waals surface area contributed by atoms with Crippen LogP contribution >= 0.6 is 11.6 Å². The zero-order valence-corrected chi connectivity index (χ0v) is 14.7. The molecule has 0 aliphatic carbocycles. The Bertz CT molecular complexity index is 922. The number of halogens is 3. The third-order valence-electron chi connectivity index (χ3n) is 3.24. The van der Waals surface area contributed by atoms with Gasteiger partial charge in [-0.25, -0.2) is 17.2 Å². The van der Waals surface area contributed by atoms with Gasteiger partial charge >= 0.3 is 0 Å². The minimum Gasteiger partial charge on any atom is -0.322 e. The van der Waals surface area contributed by atoms with Gasteiger partial charge in [0, 0.05) is 24.4 Å². The van der Waals surface area contributed by atoms with Crippen molar-refractivity contribution in [2.24, 2.45) is 0 Å². The monoisotopic (exact) mass is 390 g/mol. The average molecular weight is 391 g/mol. The second-order valence-corrected chi connectivity index (χ2v) is 7.14. The number of anilines is 1. The number of sulfonamides is 1. The minimum absolute atomic E-state index is 0.0114. The number of rotatable bonds is 5. The van der Waals surface area contributed by atoms with Crippen LogP contribution in [-0.4, -0.2) is 33.0 Å². The molecule has 0 aliphatic heterocycles. The molecular formula is C15H13ClF2N2O4S. The Kier molecular flexibility index (Phi) is 5.73. The van der Waals surface area contributed by atoms with Crippen LogP contribution in [0.2, 0.25) is 5.02 Å². The van der Waals surface area contributed by atoms with Crippen molar-refractivity contribution in [2.75, 3.05) is 19.5 Å². The van der Waals surface area contributed by atoms with Crippen LogP contribution in [0.1, 0.15) is 10.4 Å². The van der Waals surface area contributed by atoms with Crippen molar-refractivity contribution >= 4 is 33.2 Å². The summed E-state index contributed by atoms with van der Waals surface area (Å²) in [6.07, 6.45) is 0. The first kappa shape index (κ1) is 19.3. The van der Waals surface area contributed by atoms with E-state index in [1.54, 1.807) is 0 Å². The highest BCUT2D eigenvalue weighted by atomic mass is 35.5. The summed E-state index contributed by atoms with van der Waals surface area (Å²) < 4.78 is 51.3. The lowest BCUT2D eigenvalue weighted by molar-refractivity contribution is -0.0258. The van der Waals surface area contributed by atoms with Gasteiger partial charge in [0.25, 0.3) is 15.9 Å². The van der Waals surface area contributed by atoms with E-state index in [1.807, 2.05) is 0 Å². The molecule has 2 rings (SSSR count). The Labute approximate surface area is 148 Å². The van der Waals surface area contributed by atoms with E-state index in [9.17, 15) is 22.0 Å². The van der Waals surface area contributed by atoms with Crippen LogP contribution in [0.4, 0.5) is 14.5 Å². The number of hydrogen-bond acceptors (Lipinski definition) is 4. The maximum Gasteiger partial charge on any atom is 0.266 e. The van der Waals surface area contributed by atoms with E-state index in [4.69, 9.17) is 11.6 Å². The molecule has 0 atom stereocenters. The van der Waals surface area contributed by atoms with Gasteiger partial charge in [0.15, 0.2) is 11.6 Å². The average Bonchev–Trinajstić information content (AvgIpc) is 2.57. The van der Waals surface area contributed by atoms with E-state index in [-0.39, 0.29) is 21.2 Å². The fourth-order valence-electron chi connectivity index (χ4n) is 1.86. The largest absolute Gasteiger partial charge is 0.322 e. The molecule has 0 aliphatic rings. The number of nitrogens with one attached hydrogen (secondary N) is 1. The van der Waals surface area contributed by atoms with E-state index in [0.717, 1.165) is 25.3 Å². The van der Waals surface area contributed by atoms with Crippen LogP contribution in [0, 0.1) is 11.6 Å². The van der Waals surface area contributed by atoms with Gasteiger partial charge in [0.2, 0.25) is 0 Å². The Morgan fingerprint density at radius 3 is 2.44 bits per heavy atom. The van der Waals surface area contributed by atoms with Gasteiger partial charge in [-0.05, 0) is 30.3 Å². The molecule has 0 saturated heterocycles. The number of benzene rings is 2. The summed E-state index contributed by atoms with van der Waals surface area (Å²) in [5.74, 6) is -2.90. The number of nitrogens with zero attached hydrogens (tertiary/aromatic N) is 1. The maximum atomic E-state index is 13.2. The van der Waals surface area contributed by atoms with Crippen molar-refractivity contribution in [1.29, 1.82) is 0 Å². The second-order valence-electron chi connectivity index (χ2n) is 4.83. The lowest BCUT2D eigenvalue weighted by Gasteiger charge is -2.16. The summed E-state index contributed by atoms with van der Waals surface area (Å²) in [4.78, 5) is 16.5. The van der Waals surface area contributed by atoms with Gasteiger partial charge in [-0.2, -0.15) is 0 Å². The summed E-state index contributed by atoms with van der Waals surface area (Å²) in [5, 5.41) is 2.24. The molecular weight excluding hydrogens is 378 g/mol. The number of hydroxylamine groups is 1. The maximum absolute atomic E-state index is 13.2. The Morgan fingerprint density at radius 1 is 1.16 bits per heavy atom. The summed E-state index contributed by atoms with van der Waals surface area (Å²) in [6.45, 7) is 0. The zero-order valence-electron chi connectivity index (χ0n) is 13.1. The fourth-order valence-corrected chi connectivity index (χ4v) is 3.33. The second kappa shape index (κ2) is 7.44. The fraction of sp³-hybridized carbons (Fsp3) is 0.133. The molecule has 10 heteroatoms. The Morgan fingerprint density at radius 2 is 1.84 bits per heavy atom. The first-order valence-corrected chi connectivity index (χ1v) is 8.57. The molecule has 0 aromatic heterocycles. The van der Waals surface area contributed by atoms with Gasteiger partial charge in [0.1, 0.15) is 4.90 Å². The van der Waals surface area contributed by atoms with E-state index in [2.05, 4.69) is 10.2 Å². The van der Waals surface area contributed by atoms with E-state index in [0.29, 0.717) is 4.47 Å². The van der Waals surface area contributed by atoms with Crippen molar-refractivity contribution in [2.45, 2.75) is 4.90 Å². The zero-order chi connectivity index (χ0) is 18.8. The van der Waals surface area contributed by atoms with Crippen molar-refractivity contribution < 1.29 is 26.8 Å². The van der Waals surface area contributed by atoms with Crippen LogP contribution in [0.3, 0.4) is 0 Å². The third kappa shape index (κ3) is 4.13. The van der Waals surface area contributed by atoms with Crippen LogP contribution in [0.15, 0.2) is 41.3 Å². The SMILES string of the molecule is CON(C)S(=O)(=O)c1cc(C(=O)Nc2ccc(F)c(F)c2)ccc1Cl. The predicted octanol–water partition coefficient (Wildman–Crippen LogP) is 3.05. The number of carbonyl (C=O) groups excluding carboxylic acids is 1. The summed E-state index contributed by atoms with van der Waals surface area (Å²) in [7, 11) is -1.75. The predicted molar refractivity (Wildman–Crippen MR) is 87.7 cm³/mol. The molecule has 0 fully saturated rings.